The normalized spacial score (nSPS) is 21.3. The molecule has 3 aromatic rings. The molecule has 7 atom stereocenters. The van der Waals surface area contributed by atoms with Gasteiger partial charge in [0.2, 0.25) is 41.4 Å². The minimum absolute atomic E-state index is 0.00300. The minimum Gasteiger partial charge on any atom is -0.370 e. The van der Waals surface area contributed by atoms with Crippen molar-refractivity contribution in [2.24, 2.45) is 56.2 Å². The summed E-state index contributed by atoms with van der Waals surface area (Å²) in [5.74, 6) is -8.67. The number of amides is 7. The Morgan fingerprint density at radius 2 is 1.41 bits per heavy atom. The fourth-order valence-corrected chi connectivity index (χ4v) is 8.89. The summed E-state index contributed by atoms with van der Waals surface area (Å²) in [5, 5.41) is 17.1. The van der Waals surface area contributed by atoms with Gasteiger partial charge in [0.25, 0.3) is 0 Å². The molecule has 1 aromatic heterocycles. The number of benzene rings is 2. The van der Waals surface area contributed by atoms with Gasteiger partial charge in [-0.25, -0.2) is 0 Å². The molecule has 0 bridgehead atoms. The van der Waals surface area contributed by atoms with Gasteiger partial charge in [0.05, 0.1) is 6.04 Å². The maximum atomic E-state index is 14.8. The van der Waals surface area contributed by atoms with Crippen LogP contribution < -0.4 is 66.3 Å². The number of carbonyl (C=O) groups excluding carboxylic acids is 9. The second kappa shape index (κ2) is 30.6. The second-order valence-electron chi connectivity index (χ2n) is 18.5. The lowest BCUT2D eigenvalue weighted by molar-refractivity contribution is -0.135. The van der Waals surface area contributed by atoms with E-state index in [9.17, 15) is 43.2 Å². The minimum atomic E-state index is -1.47. The summed E-state index contributed by atoms with van der Waals surface area (Å²) in [6.07, 6.45) is 0.823. The molecule has 0 saturated carbocycles. The van der Waals surface area contributed by atoms with Gasteiger partial charge in [0.1, 0.15) is 30.0 Å². The Morgan fingerprint density at radius 3 is 2.09 bits per heavy atom. The first-order valence-electron chi connectivity index (χ1n) is 24.9. The molecule has 408 valence electrons. The van der Waals surface area contributed by atoms with Crippen molar-refractivity contribution >= 4 is 87.3 Å². The fourth-order valence-electron chi connectivity index (χ4n) is 8.68. The lowest BCUT2D eigenvalue weighted by Crippen LogP contribution is -2.58. The van der Waals surface area contributed by atoms with Crippen molar-refractivity contribution in [1.29, 1.82) is 0 Å². The van der Waals surface area contributed by atoms with E-state index in [1.165, 1.54) is 6.92 Å². The molecule has 0 aliphatic carbocycles. The van der Waals surface area contributed by atoms with Crippen molar-refractivity contribution in [3.05, 3.63) is 70.9 Å². The molecule has 0 radical (unpaired) electrons. The number of para-hydroxylation sites is 1. The zero-order valence-electron chi connectivity index (χ0n) is 42.2. The van der Waals surface area contributed by atoms with Crippen LogP contribution in [0.3, 0.4) is 0 Å². The molecule has 4 rings (SSSR count). The van der Waals surface area contributed by atoms with Crippen LogP contribution in [0.25, 0.3) is 10.9 Å². The Kier molecular flexibility index (Phi) is 24.4. The van der Waals surface area contributed by atoms with Crippen LogP contribution in [-0.2, 0) is 56.0 Å². The molecule has 1 fully saturated rings. The van der Waals surface area contributed by atoms with Gasteiger partial charge in [0, 0.05) is 86.2 Å². The summed E-state index contributed by atoms with van der Waals surface area (Å²) in [7, 11) is 0. The SMILES string of the molecule is CC(=O)N[C@@H](CCCN=C(N)N)C(=O)N[C@H]1CCC(=O)NCCC[C@@H](C(N)=O)NC(=O)[C@H](Cc2c[nH]c3ccccc23)CC(=O)[C@H](CCCN=C(N)N)CC(=O)[C@@H](Cc2ccccc2Cl)NC(=O)[C@H](CCN)NC1=O. The summed E-state index contributed by atoms with van der Waals surface area (Å²) in [5.41, 5.74) is 35.8. The van der Waals surface area contributed by atoms with Crippen LogP contribution in [0.2, 0.25) is 5.02 Å². The maximum absolute atomic E-state index is 14.8. The lowest BCUT2D eigenvalue weighted by Gasteiger charge is -2.27. The van der Waals surface area contributed by atoms with Gasteiger partial charge in [-0.2, -0.15) is 0 Å². The number of carbonyl (C=O) groups is 9. The van der Waals surface area contributed by atoms with Crippen molar-refractivity contribution in [3.63, 3.8) is 0 Å². The number of aromatic amines is 1. The quantitative estimate of drug-likeness (QED) is 0.0406. The van der Waals surface area contributed by atoms with E-state index in [4.69, 9.17) is 46.0 Å². The molecule has 0 unspecified atom stereocenters. The van der Waals surface area contributed by atoms with Gasteiger partial charge < -0.3 is 71.3 Å². The second-order valence-corrected chi connectivity index (χ2v) is 18.9. The highest BCUT2D eigenvalue weighted by Crippen LogP contribution is 2.27. The third-order valence-corrected chi connectivity index (χ3v) is 13.0. The van der Waals surface area contributed by atoms with Crippen molar-refractivity contribution < 1.29 is 43.2 Å². The van der Waals surface area contributed by atoms with E-state index in [2.05, 4.69) is 46.9 Å². The van der Waals surface area contributed by atoms with Gasteiger partial charge in [0.15, 0.2) is 17.7 Å². The molecule has 0 spiro atoms. The van der Waals surface area contributed by atoms with Crippen LogP contribution >= 0.6 is 11.6 Å². The molecule has 19 N–H and O–H groups in total. The Labute approximate surface area is 439 Å². The fraction of sp³-hybridized carbons (Fsp3) is 0.500. The highest BCUT2D eigenvalue weighted by atomic mass is 35.5. The van der Waals surface area contributed by atoms with Crippen molar-refractivity contribution in [3.8, 4) is 0 Å². The van der Waals surface area contributed by atoms with E-state index < -0.39 is 101 Å². The summed E-state index contributed by atoms with van der Waals surface area (Å²) >= 11 is 6.59. The van der Waals surface area contributed by atoms with Crippen LogP contribution in [0, 0.1) is 11.8 Å². The number of nitrogens with zero attached hydrogens (tertiary/aromatic N) is 2. The van der Waals surface area contributed by atoms with Gasteiger partial charge in [-0.15, -0.1) is 0 Å². The molecule has 1 aliphatic rings. The predicted molar refractivity (Wildman–Crippen MR) is 283 cm³/mol. The number of fused-ring (bicyclic) bond motifs is 1. The third kappa shape index (κ3) is 20.3. The topological polar surface area (TPSA) is 422 Å². The highest BCUT2D eigenvalue weighted by Gasteiger charge is 2.35. The van der Waals surface area contributed by atoms with Gasteiger partial charge in [-0.3, -0.25) is 53.1 Å². The number of Topliss-reactive ketones (excluding diaryl/α,β-unsaturated/α-hetero) is 2. The average molecular weight is 1060 g/mol. The number of aromatic nitrogens is 1. The molecular formula is C50H72ClN15O9. The van der Waals surface area contributed by atoms with Crippen molar-refractivity contribution in [1.82, 2.24) is 36.9 Å². The first-order chi connectivity index (χ1) is 35.8. The van der Waals surface area contributed by atoms with E-state index in [1.807, 2.05) is 24.3 Å². The third-order valence-electron chi connectivity index (χ3n) is 12.6. The maximum Gasteiger partial charge on any atom is 0.243 e. The van der Waals surface area contributed by atoms with E-state index in [-0.39, 0.29) is 120 Å². The van der Waals surface area contributed by atoms with Crippen LogP contribution in [-0.4, -0.2) is 126 Å². The number of ketones is 2. The highest BCUT2D eigenvalue weighted by molar-refractivity contribution is 6.31. The number of guanidine groups is 2. The molecular weight excluding hydrogens is 990 g/mol. The predicted octanol–water partition coefficient (Wildman–Crippen LogP) is -1.17. The van der Waals surface area contributed by atoms with Crippen LogP contribution in [0.15, 0.2) is 64.7 Å². The number of H-pyrrole nitrogens is 1. The number of halogens is 1. The number of nitrogens with two attached hydrogens (primary N) is 6. The van der Waals surface area contributed by atoms with Crippen LogP contribution in [0.4, 0.5) is 0 Å². The number of hydrogen-bond donors (Lipinski definition) is 13. The zero-order valence-corrected chi connectivity index (χ0v) is 42.9. The molecule has 25 heteroatoms. The number of hydrogen-bond acceptors (Lipinski definition) is 12. The van der Waals surface area contributed by atoms with Crippen molar-refractivity contribution in [2.75, 3.05) is 26.2 Å². The summed E-state index contributed by atoms with van der Waals surface area (Å²) in [4.78, 5) is 136. The average Bonchev–Trinajstić information content (AvgIpc) is 3.77. The molecule has 2 aromatic carbocycles. The van der Waals surface area contributed by atoms with E-state index in [0.717, 1.165) is 10.9 Å². The molecule has 1 aliphatic heterocycles. The largest absolute Gasteiger partial charge is 0.370 e. The Morgan fingerprint density at radius 1 is 0.747 bits per heavy atom. The first-order valence-corrected chi connectivity index (χ1v) is 25.3. The number of nitrogens with one attached hydrogen (secondary N) is 7. The van der Waals surface area contributed by atoms with Gasteiger partial charge >= 0.3 is 0 Å². The summed E-state index contributed by atoms with van der Waals surface area (Å²) in [6, 6.07) is 7.43. The molecule has 24 nitrogen and oxygen atoms in total. The Balaban J connectivity index is 1.77. The standard InChI is InChI=1S/C50H72ClN15O9/c1-28(67)62-37(15-8-22-60-50(56)57)46(73)64-38-16-17-43(70)58-20-7-14-36(44(53)71)63-45(72)31(23-32-27-61-35-13-5-3-11-33(32)35)26-41(68)30(10-6-21-59-49(54)55)25-42(69)40(24-29-9-2-4-12-34(29)51)66-48(75)39(18-19-52)65-47(38)74/h2-5,9,11-13,27,30-31,36-40,61H,6-8,10,14-26,52H2,1H3,(H2,53,71)(H,58,70)(H,62,67)(H,63,72)(H,64,73)(H,65,74)(H,66,75)(H4,54,55,59)(H4,56,57,60)/t30-,31-,36+,37+,38+,39+,40-/m1/s1. The lowest BCUT2D eigenvalue weighted by atomic mass is 9.83. The number of aliphatic imine (C=N–C) groups is 2. The van der Waals surface area contributed by atoms with E-state index in [1.54, 1.807) is 30.5 Å². The van der Waals surface area contributed by atoms with Gasteiger partial charge in [-0.1, -0.05) is 48.0 Å². The Bertz CT molecular complexity index is 2550. The first kappa shape index (κ1) is 60.0. The monoisotopic (exact) mass is 1060 g/mol. The zero-order chi connectivity index (χ0) is 55.0. The Hall–Kier alpha value is -7.60. The molecule has 75 heavy (non-hydrogen) atoms. The number of primary amides is 1. The van der Waals surface area contributed by atoms with Crippen LogP contribution in [0.1, 0.15) is 88.7 Å². The molecule has 1 saturated heterocycles. The molecule has 2 heterocycles. The smallest absolute Gasteiger partial charge is 0.243 e. The number of rotatable bonds is 18. The van der Waals surface area contributed by atoms with Gasteiger partial charge in [-0.05, 0) is 87.6 Å². The summed E-state index contributed by atoms with van der Waals surface area (Å²) < 4.78 is 0. The van der Waals surface area contributed by atoms with E-state index >= 15 is 0 Å². The summed E-state index contributed by atoms with van der Waals surface area (Å²) in [6.45, 7) is 1.31. The molecule has 7 amide bonds. The van der Waals surface area contributed by atoms with Crippen molar-refractivity contribution in [2.45, 2.75) is 121 Å². The van der Waals surface area contributed by atoms with Crippen LogP contribution in [0.5, 0.6) is 0 Å². The van der Waals surface area contributed by atoms with E-state index in [0.29, 0.717) is 11.1 Å².